The zero-order valence-corrected chi connectivity index (χ0v) is 18.5. The maximum Gasteiger partial charge on any atom is 0.293 e. The van der Waals surface area contributed by atoms with Crippen LogP contribution in [0.4, 0.5) is 5.82 Å². The number of hydrogen-bond acceptors (Lipinski definition) is 9. The van der Waals surface area contributed by atoms with Gasteiger partial charge in [-0.25, -0.2) is 10.1 Å². The molecule has 0 aliphatic rings. The molecule has 0 saturated heterocycles. The molecule has 32 heavy (non-hydrogen) atoms. The summed E-state index contributed by atoms with van der Waals surface area (Å²) in [6, 6.07) is 14.6. The molecular formula is C19H14Cl2N8O2S. The fourth-order valence-corrected chi connectivity index (χ4v) is 3.97. The number of thioether (sulfide) groups is 1. The second-order valence-electron chi connectivity index (χ2n) is 6.24. The Kier molecular flexibility index (Phi) is 6.69. The van der Waals surface area contributed by atoms with Crippen molar-refractivity contribution in [1.82, 2.24) is 30.7 Å². The summed E-state index contributed by atoms with van der Waals surface area (Å²) in [6.07, 6.45) is 1.40. The maximum atomic E-state index is 12.8. The number of carbonyl (C=O) groups excluding carboxylic acids is 1. The fourth-order valence-electron chi connectivity index (χ4n) is 2.60. The zero-order valence-electron chi connectivity index (χ0n) is 16.1. The highest BCUT2D eigenvalue weighted by molar-refractivity contribution is 7.98. The molecule has 0 aliphatic heterocycles. The summed E-state index contributed by atoms with van der Waals surface area (Å²) in [5.41, 5.74) is 9.30. The lowest BCUT2D eigenvalue weighted by Crippen LogP contribution is -2.20. The average Bonchev–Trinajstić information content (AvgIpc) is 3.40. The fraction of sp³-hybridized carbons (Fsp3) is 0.0526. The number of rotatable bonds is 7. The smallest absolute Gasteiger partial charge is 0.293 e. The van der Waals surface area contributed by atoms with Crippen molar-refractivity contribution in [1.29, 1.82) is 0 Å². The number of hydrogen-bond donors (Lipinski definition) is 2. The first-order valence-electron chi connectivity index (χ1n) is 9.02. The van der Waals surface area contributed by atoms with Gasteiger partial charge in [0.25, 0.3) is 5.91 Å². The first-order valence-corrected chi connectivity index (χ1v) is 10.8. The van der Waals surface area contributed by atoms with Gasteiger partial charge in [0.15, 0.2) is 5.69 Å². The summed E-state index contributed by atoms with van der Waals surface area (Å²) in [7, 11) is 0. The number of nitrogens with two attached hydrogens (primary N) is 1. The van der Waals surface area contributed by atoms with Crippen LogP contribution in [0.15, 0.2) is 63.2 Å². The van der Waals surface area contributed by atoms with Gasteiger partial charge >= 0.3 is 0 Å². The van der Waals surface area contributed by atoms with Crippen molar-refractivity contribution < 1.29 is 9.42 Å². The molecule has 0 aliphatic carbocycles. The minimum absolute atomic E-state index is 0.0169. The number of nitrogen functional groups attached to an aromatic ring is 1. The van der Waals surface area contributed by atoms with E-state index in [2.05, 4.69) is 35.8 Å². The number of nitrogens with one attached hydrogen (secondary N) is 1. The molecule has 0 saturated carbocycles. The third-order valence-electron chi connectivity index (χ3n) is 4.13. The van der Waals surface area contributed by atoms with Crippen molar-refractivity contribution in [3.05, 3.63) is 75.5 Å². The van der Waals surface area contributed by atoms with Crippen molar-refractivity contribution >= 4 is 52.9 Å². The van der Waals surface area contributed by atoms with Crippen molar-refractivity contribution in [3.8, 4) is 5.82 Å². The van der Waals surface area contributed by atoms with Crippen LogP contribution < -0.4 is 11.2 Å². The van der Waals surface area contributed by atoms with E-state index in [9.17, 15) is 4.79 Å². The first kappa shape index (κ1) is 21.8. The lowest BCUT2D eigenvalue weighted by atomic mass is 10.2. The Morgan fingerprint density at radius 1 is 1.22 bits per heavy atom. The van der Waals surface area contributed by atoms with Gasteiger partial charge in [-0.15, -0.1) is 16.9 Å². The molecule has 0 radical (unpaired) electrons. The molecular weight excluding hydrogens is 475 g/mol. The van der Waals surface area contributed by atoms with Gasteiger partial charge in [0.05, 0.1) is 16.9 Å². The van der Waals surface area contributed by atoms with Gasteiger partial charge in [-0.05, 0) is 34.6 Å². The van der Waals surface area contributed by atoms with Crippen LogP contribution >= 0.6 is 35.0 Å². The largest absolute Gasteiger partial charge is 0.378 e. The highest BCUT2D eigenvalue weighted by Gasteiger charge is 2.24. The topological polar surface area (TPSA) is 137 Å². The quantitative estimate of drug-likeness (QED) is 0.228. The van der Waals surface area contributed by atoms with E-state index in [1.165, 1.54) is 22.7 Å². The van der Waals surface area contributed by atoms with Gasteiger partial charge in [-0.3, -0.25) is 4.79 Å². The van der Waals surface area contributed by atoms with Crippen LogP contribution in [0, 0.1) is 0 Å². The molecule has 0 spiro atoms. The summed E-state index contributed by atoms with van der Waals surface area (Å²) < 4.78 is 5.97. The molecule has 1 amide bonds. The van der Waals surface area contributed by atoms with Crippen LogP contribution in [-0.2, 0) is 5.75 Å². The number of carbonyl (C=O) groups is 1. The standard InChI is InChI=1S/C19H14Cl2N8O2S/c20-12-7-6-11(14(21)8-12)9-23-25-19(30)16-15(10-32-13-4-2-1-3-5-13)29(28-24-16)18-17(22)26-31-27-18/h1-9H,10H2,(H2,22,26)(H,25,30)/b23-9+. The molecule has 0 atom stereocenters. The molecule has 2 aromatic heterocycles. The number of anilines is 1. The van der Waals surface area contributed by atoms with E-state index in [1.807, 2.05) is 30.3 Å². The number of aromatic nitrogens is 5. The Bertz CT molecular complexity index is 1280. The normalized spacial score (nSPS) is 11.2. The van der Waals surface area contributed by atoms with Crippen LogP contribution in [0.5, 0.6) is 0 Å². The molecule has 4 rings (SSSR count). The lowest BCUT2D eigenvalue weighted by molar-refractivity contribution is 0.0949. The second-order valence-corrected chi connectivity index (χ2v) is 8.13. The summed E-state index contributed by atoms with van der Waals surface area (Å²) in [4.78, 5) is 13.8. The summed E-state index contributed by atoms with van der Waals surface area (Å²) in [5, 5.41) is 20.1. The number of amides is 1. The number of halogens is 2. The van der Waals surface area contributed by atoms with Gasteiger partial charge in [0, 0.05) is 21.2 Å². The Balaban J connectivity index is 1.58. The van der Waals surface area contributed by atoms with Crippen molar-refractivity contribution in [2.24, 2.45) is 5.10 Å². The van der Waals surface area contributed by atoms with Gasteiger partial charge in [0.1, 0.15) is 0 Å². The molecule has 4 aromatic rings. The van der Waals surface area contributed by atoms with E-state index in [1.54, 1.807) is 18.2 Å². The van der Waals surface area contributed by atoms with E-state index < -0.39 is 5.91 Å². The highest BCUT2D eigenvalue weighted by atomic mass is 35.5. The minimum Gasteiger partial charge on any atom is -0.378 e. The Labute approximate surface area is 195 Å². The van der Waals surface area contributed by atoms with Crippen LogP contribution in [0.1, 0.15) is 21.7 Å². The summed E-state index contributed by atoms with van der Waals surface area (Å²) in [5.74, 6) is -0.0742. The zero-order chi connectivity index (χ0) is 22.5. The van der Waals surface area contributed by atoms with Crippen LogP contribution in [-0.4, -0.2) is 37.4 Å². The predicted octanol–water partition coefficient (Wildman–Crippen LogP) is 3.60. The van der Waals surface area contributed by atoms with Gasteiger partial charge in [-0.2, -0.15) is 9.78 Å². The molecule has 13 heteroatoms. The SMILES string of the molecule is Nc1nonc1-n1nnc(C(=O)N/N=C/c2ccc(Cl)cc2Cl)c1CSc1ccccc1. The predicted molar refractivity (Wildman–Crippen MR) is 121 cm³/mol. The van der Waals surface area contributed by atoms with E-state index in [-0.39, 0.29) is 17.3 Å². The molecule has 0 bridgehead atoms. The van der Waals surface area contributed by atoms with Crippen LogP contribution in [0.25, 0.3) is 5.82 Å². The molecule has 2 aromatic carbocycles. The highest BCUT2D eigenvalue weighted by Crippen LogP contribution is 2.26. The Morgan fingerprint density at radius 2 is 2.03 bits per heavy atom. The Morgan fingerprint density at radius 3 is 2.75 bits per heavy atom. The van der Waals surface area contributed by atoms with E-state index >= 15 is 0 Å². The van der Waals surface area contributed by atoms with E-state index in [0.717, 1.165) is 4.90 Å². The maximum absolute atomic E-state index is 12.8. The van der Waals surface area contributed by atoms with E-state index in [0.29, 0.717) is 27.1 Å². The monoisotopic (exact) mass is 488 g/mol. The third-order valence-corrected chi connectivity index (χ3v) is 5.71. The summed E-state index contributed by atoms with van der Waals surface area (Å²) >= 11 is 13.5. The molecule has 0 unspecified atom stereocenters. The molecule has 3 N–H and O–H groups in total. The number of hydrazone groups is 1. The van der Waals surface area contributed by atoms with Crippen molar-refractivity contribution in [2.45, 2.75) is 10.6 Å². The van der Waals surface area contributed by atoms with Gasteiger partial charge < -0.3 is 5.73 Å². The van der Waals surface area contributed by atoms with Crippen molar-refractivity contribution in [2.75, 3.05) is 5.73 Å². The van der Waals surface area contributed by atoms with Crippen molar-refractivity contribution in [3.63, 3.8) is 0 Å². The minimum atomic E-state index is -0.573. The van der Waals surface area contributed by atoms with E-state index in [4.69, 9.17) is 28.9 Å². The molecule has 2 heterocycles. The number of nitrogens with zero attached hydrogens (tertiary/aromatic N) is 6. The number of benzene rings is 2. The van der Waals surface area contributed by atoms with Crippen LogP contribution in [0.3, 0.4) is 0 Å². The third kappa shape index (κ3) is 4.90. The average molecular weight is 489 g/mol. The Hall–Kier alpha value is -3.41. The van der Waals surface area contributed by atoms with Gasteiger partial charge in [0.2, 0.25) is 11.6 Å². The molecule has 10 nitrogen and oxygen atoms in total. The first-order chi connectivity index (χ1) is 15.5. The van der Waals surface area contributed by atoms with Crippen LogP contribution in [0.2, 0.25) is 10.0 Å². The van der Waals surface area contributed by atoms with Gasteiger partial charge in [-0.1, -0.05) is 52.7 Å². The molecule has 0 fully saturated rings. The summed E-state index contributed by atoms with van der Waals surface area (Å²) in [6.45, 7) is 0. The second kappa shape index (κ2) is 9.81. The molecule has 162 valence electrons. The lowest BCUT2D eigenvalue weighted by Gasteiger charge is -2.05.